The average molecular weight is 315 g/mol. The Kier molecular flexibility index (Phi) is 11.3. The van der Waals surface area contributed by atoms with Crippen LogP contribution in [0.2, 0.25) is 0 Å². The van der Waals surface area contributed by atoms with E-state index in [-0.39, 0.29) is 5.78 Å². The molecule has 1 aliphatic heterocycles. The van der Waals surface area contributed by atoms with Gasteiger partial charge in [-0.3, -0.25) is 4.79 Å². The highest BCUT2D eigenvalue weighted by Gasteiger charge is 2.15. The first-order valence-electron chi connectivity index (χ1n) is 8.27. The predicted molar refractivity (Wildman–Crippen MR) is 95.4 cm³/mol. The molecular weight excluding hydrogens is 286 g/mol. The van der Waals surface area contributed by atoms with Crippen molar-refractivity contribution in [1.29, 1.82) is 5.26 Å². The Morgan fingerprint density at radius 2 is 1.83 bits per heavy atom. The molecule has 0 aromatic heterocycles. The van der Waals surface area contributed by atoms with E-state index in [1.54, 1.807) is 6.92 Å². The van der Waals surface area contributed by atoms with Crippen molar-refractivity contribution in [3.8, 4) is 6.07 Å². The van der Waals surface area contributed by atoms with Gasteiger partial charge in [0, 0.05) is 18.3 Å². The lowest BCUT2D eigenvalue weighted by atomic mass is 10.1. The Morgan fingerprint density at radius 3 is 2.30 bits per heavy atom. The number of carbonyl (C=O) groups is 1. The van der Waals surface area contributed by atoms with E-state index in [1.807, 2.05) is 49.3 Å². The summed E-state index contributed by atoms with van der Waals surface area (Å²) in [4.78, 5) is 11.2. The fraction of sp³-hybridized carbons (Fsp3) is 0.474. The van der Waals surface area contributed by atoms with E-state index in [0.29, 0.717) is 19.5 Å². The summed E-state index contributed by atoms with van der Waals surface area (Å²) in [5.74, 6) is 0.0929. The van der Waals surface area contributed by atoms with E-state index >= 15 is 0 Å². The summed E-state index contributed by atoms with van der Waals surface area (Å²) in [6.07, 6.45) is 3.50. The van der Waals surface area contributed by atoms with Crippen molar-refractivity contribution < 1.29 is 4.79 Å². The lowest BCUT2D eigenvalue weighted by Crippen LogP contribution is -2.28. The molecule has 4 nitrogen and oxygen atoms in total. The lowest BCUT2D eigenvalue weighted by Gasteiger charge is -2.17. The fourth-order valence-corrected chi connectivity index (χ4v) is 1.94. The number of Topliss-reactive ketones (excluding diaryl/α,β-unsaturated/α-hetero) is 1. The molecule has 0 saturated heterocycles. The number of hydrogen-bond acceptors (Lipinski definition) is 4. The third-order valence-corrected chi connectivity index (χ3v) is 2.97. The normalized spacial score (nSPS) is 12.2. The summed E-state index contributed by atoms with van der Waals surface area (Å²) in [5.41, 5.74) is 6.07. The summed E-state index contributed by atoms with van der Waals surface area (Å²) in [7, 11) is 0. The molecule has 0 radical (unpaired) electrons. The standard InChI is InChI=1S/C14H15N3O.C3H8.C2H6/c1-11(18)14-8-16-17(10-14)9-13-5-3-2-4-12(13)6-7-15;1-3-2;1-2/h2-5,10,16H,6,8-9H2,1H3;3H2,1-2H3;1-2H3. The molecule has 1 aliphatic rings. The molecule has 0 fully saturated rings. The topological polar surface area (TPSA) is 56.1 Å². The minimum absolute atomic E-state index is 0.0929. The van der Waals surface area contributed by atoms with Crippen LogP contribution in [0.15, 0.2) is 36.0 Å². The van der Waals surface area contributed by atoms with Crippen LogP contribution in [-0.2, 0) is 17.8 Å². The highest BCUT2D eigenvalue weighted by Crippen LogP contribution is 2.14. The van der Waals surface area contributed by atoms with E-state index < -0.39 is 0 Å². The average Bonchev–Trinajstić information content (AvgIpc) is 3.01. The Hall–Kier alpha value is -2.12. The number of nitrogens with one attached hydrogen (secondary N) is 1. The molecule has 23 heavy (non-hydrogen) atoms. The van der Waals surface area contributed by atoms with Gasteiger partial charge in [-0.05, 0) is 18.1 Å². The molecule has 1 aromatic rings. The van der Waals surface area contributed by atoms with Crippen LogP contribution in [0.25, 0.3) is 0 Å². The van der Waals surface area contributed by atoms with Gasteiger partial charge in [0.05, 0.1) is 19.0 Å². The fourth-order valence-electron chi connectivity index (χ4n) is 1.94. The zero-order valence-electron chi connectivity index (χ0n) is 15.0. The van der Waals surface area contributed by atoms with Crippen LogP contribution in [0, 0.1) is 11.3 Å². The van der Waals surface area contributed by atoms with Crippen LogP contribution in [-0.4, -0.2) is 17.3 Å². The van der Waals surface area contributed by atoms with Gasteiger partial charge in [-0.25, -0.2) is 5.43 Å². The largest absolute Gasteiger partial charge is 0.310 e. The van der Waals surface area contributed by atoms with Crippen molar-refractivity contribution >= 4 is 5.78 Å². The van der Waals surface area contributed by atoms with Crippen molar-refractivity contribution in [2.45, 2.75) is 54.0 Å². The molecule has 0 unspecified atom stereocenters. The Bertz CT molecular complexity index is 544. The number of ketones is 1. The quantitative estimate of drug-likeness (QED) is 0.913. The Labute approximate surface area is 140 Å². The second-order valence-corrected chi connectivity index (χ2v) is 4.98. The Balaban J connectivity index is 0.000000868. The van der Waals surface area contributed by atoms with Crippen LogP contribution in [0.5, 0.6) is 0 Å². The van der Waals surface area contributed by atoms with E-state index in [9.17, 15) is 4.79 Å². The first kappa shape index (κ1) is 20.9. The number of hydrogen-bond donors (Lipinski definition) is 1. The summed E-state index contributed by atoms with van der Waals surface area (Å²) in [5, 5.41) is 10.7. The maximum atomic E-state index is 11.2. The monoisotopic (exact) mass is 315 g/mol. The summed E-state index contributed by atoms with van der Waals surface area (Å²) in [6.45, 7) is 11.1. The molecule has 0 saturated carbocycles. The summed E-state index contributed by atoms with van der Waals surface area (Å²) < 4.78 is 0. The highest BCUT2D eigenvalue weighted by atomic mass is 16.1. The van der Waals surface area contributed by atoms with E-state index in [0.717, 1.165) is 16.7 Å². The number of hydrazine groups is 1. The number of rotatable bonds is 4. The number of nitriles is 1. The lowest BCUT2D eigenvalue weighted by molar-refractivity contribution is -0.113. The molecule has 0 atom stereocenters. The molecule has 1 aromatic carbocycles. The van der Waals surface area contributed by atoms with Gasteiger partial charge >= 0.3 is 0 Å². The third kappa shape index (κ3) is 7.62. The third-order valence-electron chi connectivity index (χ3n) is 2.97. The maximum absolute atomic E-state index is 11.2. The number of benzene rings is 1. The minimum atomic E-state index is 0.0929. The van der Waals surface area contributed by atoms with E-state index in [4.69, 9.17) is 5.26 Å². The van der Waals surface area contributed by atoms with Gasteiger partial charge in [-0.2, -0.15) is 5.26 Å². The number of nitrogens with zero attached hydrogens (tertiary/aromatic N) is 2. The molecule has 0 aliphatic carbocycles. The first-order valence-corrected chi connectivity index (χ1v) is 8.27. The van der Waals surface area contributed by atoms with Crippen LogP contribution >= 0.6 is 0 Å². The van der Waals surface area contributed by atoms with Crippen LogP contribution < -0.4 is 5.43 Å². The zero-order valence-corrected chi connectivity index (χ0v) is 15.0. The first-order chi connectivity index (χ1) is 11.1. The van der Waals surface area contributed by atoms with Crippen LogP contribution in [0.1, 0.15) is 52.2 Å². The molecule has 0 amide bonds. The second kappa shape index (κ2) is 12.4. The minimum Gasteiger partial charge on any atom is -0.310 e. The summed E-state index contributed by atoms with van der Waals surface area (Å²) >= 11 is 0. The molecule has 1 N–H and O–H groups in total. The van der Waals surface area contributed by atoms with Gasteiger partial charge in [0.25, 0.3) is 0 Å². The molecule has 126 valence electrons. The van der Waals surface area contributed by atoms with E-state index in [2.05, 4.69) is 25.3 Å². The molecule has 4 heteroatoms. The van der Waals surface area contributed by atoms with Gasteiger partial charge < -0.3 is 5.01 Å². The van der Waals surface area contributed by atoms with Gasteiger partial charge in [0.1, 0.15) is 0 Å². The maximum Gasteiger partial charge on any atom is 0.158 e. The molecule has 1 heterocycles. The summed E-state index contributed by atoms with van der Waals surface area (Å²) in [6, 6.07) is 10.0. The molecule has 2 rings (SSSR count). The second-order valence-electron chi connectivity index (χ2n) is 4.98. The van der Waals surface area contributed by atoms with Crippen molar-refractivity contribution in [1.82, 2.24) is 10.4 Å². The zero-order chi connectivity index (χ0) is 17.7. The number of carbonyl (C=O) groups excluding carboxylic acids is 1. The van der Waals surface area contributed by atoms with Crippen molar-refractivity contribution in [2.24, 2.45) is 0 Å². The highest BCUT2D eigenvalue weighted by molar-refractivity contribution is 5.93. The van der Waals surface area contributed by atoms with Crippen molar-refractivity contribution in [2.75, 3.05) is 6.54 Å². The predicted octanol–water partition coefficient (Wildman–Crippen LogP) is 3.99. The Morgan fingerprint density at radius 1 is 1.26 bits per heavy atom. The molecule has 0 bridgehead atoms. The van der Waals surface area contributed by atoms with Crippen LogP contribution in [0.4, 0.5) is 0 Å². The van der Waals surface area contributed by atoms with Gasteiger partial charge in [-0.1, -0.05) is 58.4 Å². The van der Waals surface area contributed by atoms with Gasteiger partial charge in [0.15, 0.2) is 5.78 Å². The van der Waals surface area contributed by atoms with Crippen molar-refractivity contribution in [3.05, 3.63) is 47.2 Å². The van der Waals surface area contributed by atoms with Gasteiger partial charge in [0.2, 0.25) is 0 Å². The van der Waals surface area contributed by atoms with E-state index in [1.165, 1.54) is 6.42 Å². The van der Waals surface area contributed by atoms with Crippen molar-refractivity contribution in [3.63, 3.8) is 0 Å². The SMILES string of the molecule is CC.CC(=O)C1=CN(Cc2ccccc2CC#N)NC1.CCC. The van der Waals surface area contributed by atoms with Crippen LogP contribution in [0.3, 0.4) is 0 Å². The van der Waals surface area contributed by atoms with Gasteiger partial charge in [-0.15, -0.1) is 0 Å². The molecule has 0 spiro atoms. The molecular formula is C19H29N3O. The smallest absolute Gasteiger partial charge is 0.158 e.